The number of benzene rings is 1. The van der Waals surface area contributed by atoms with Crippen molar-refractivity contribution in [2.75, 3.05) is 32.7 Å². The van der Waals surface area contributed by atoms with Crippen LogP contribution in [-0.4, -0.2) is 39.2 Å². The van der Waals surface area contributed by atoms with E-state index in [1.165, 1.54) is 7.11 Å². The molecule has 1 aromatic rings. The SMILES string of the molecule is COCCCNC(=O)C1(C(=O)Nc2cc(Cl)ccc2OC)CC1. The third-order valence-electron chi connectivity index (χ3n) is 3.84. The highest BCUT2D eigenvalue weighted by molar-refractivity contribution is 6.31. The van der Waals surface area contributed by atoms with Crippen molar-refractivity contribution in [2.24, 2.45) is 5.41 Å². The van der Waals surface area contributed by atoms with Gasteiger partial charge in [0.25, 0.3) is 0 Å². The van der Waals surface area contributed by atoms with Gasteiger partial charge >= 0.3 is 0 Å². The zero-order chi connectivity index (χ0) is 16.9. The zero-order valence-corrected chi connectivity index (χ0v) is 14.0. The molecule has 1 aromatic carbocycles. The molecule has 1 saturated carbocycles. The highest BCUT2D eigenvalue weighted by Crippen LogP contribution is 2.47. The van der Waals surface area contributed by atoms with Gasteiger partial charge in [0.1, 0.15) is 11.2 Å². The Bertz CT molecular complexity index is 587. The molecule has 0 atom stereocenters. The second-order valence-electron chi connectivity index (χ2n) is 5.48. The molecule has 0 radical (unpaired) electrons. The highest BCUT2D eigenvalue weighted by Gasteiger charge is 2.56. The van der Waals surface area contributed by atoms with Crippen molar-refractivity contribution in [1.29, 1.82) is 0 Å². The Morgan fingerprint density at radius 1 is 1.26 bits per heavy atom. The summed E-state index contributed by atoms with van der Waals surface area (Å²) in [5.74, 6) is -0.0755. The lowest BCUT2D eigenvalue weighted by molar-refractivity contribution is -0.134. The Labute approximate surface area is 140 Å². The van der Waals surface area contributed by atoms with Crippen LogP contribution in [0.3, 0.4) is 0 Å². The normalized spacial score (nSPS) is 14.9. The molecule has 0 aromatic heterocycles. The lowest BCUT2D eigenvalue weighted by atomic mass is 10.0. The average Bonchev–Trinajstić information content (AvgIpc) is 3.33. The maximum Gasteiger partial charge on any atom is 0.240 e. The first-order valence-electron chi connectivity index (χ1n) is 7.46. The van der Waals surface area contributed by atoms with Crippen LogP contribution in [0.5, 0.6) is 5.75 Å². The van der Waals surface area contributed by atoms with Gasteiger partial charge in [-0.1, -0.05) is 11.6 Å². The molecule has 0 bridgehead atoms. The fourth-order valence-corrected chi connectivity index (χ4v) is 2.46. The molecule has 2 rings (SSSR count). The third kappa shape index (κ3) is 4.14. The third-order valence-corrected chi connectivity index (χ3v) is 4.07. The average molecular weight is 341 g/mol. The van der Waals surface area contributed by atoms with Gasteiger partial charge in [-0.2, -0.15) is 0 Å². The molecule has 2 amide bonds. The van der Waals surface area contributed by atoms with Crippen LogP contribution in [0.25, 0.3) is 0 Å². The van der Waals surface area contributed by atoms with Crippen molar-refractivity contribution < 1.29 is 19.1 Å². The maximum absolute atomic E-state index is 12.5. The van der Waals surface area contributed by atoms with E-state index in [9.17, 15) is 9.59 Å². The number of ether oxygens (including phenoxy) is 2. The van der Waals surface area contributed by atoms with E-state index < -0.39 is 5.41 Å². The van der Waals surface area contributed by atoms with Gasteiger partial charge in [-0.15, -0.1) is 0 Å². The smallest absolute Gasteiger partial charge is 0.240 e. The number of anilines is 1. The molecular weight excluding hydrogens is 320 g/mol. The van der Waals surface area contributed by atoms with Gasteiger partial charge in [0.2, 0.25) is 11.8 Å². The maximum atomic E-state index is 12.5. The quantitative estimate of drug-likeness (QED) is 0.562. The zero-order valence-electron chi connectivity index (χ0n) is 13.3. The van der Waals surface area contributed by atoms with Crippen molar-refractivity contribution in [3.8, 4) is 5.75 Å². The largest absolute Gasteiger partial charge is 0.495 e. The summed E-state index contributed by atoms with van der Waals surface area (Å²) in [5, 5.41) is 6.02. The van der Waals surface area contributed by atoms with Crippen LogP contribution in [0.4, 0.5) is 5.69 Å². The van der Waals surface area contributed by atoms with E-state index in [2.05, 4.69) is 10.6 Å². The summed E-state index contributed by atoms with van der Waals surface area (Å²) in [6.07, 6.45) is 1.79. The molecule has 23 heavy (non-hydrogen) atoms. The molecule has 0 aliphatic heterocycles. The number of hydrogen-bond acceptors (Lipinski definition) is 4. The van der Waals surface area contributed by atoms with Crippen molar-refractivity contribution in [1.82, 2.24) is 5.32 Å². The number of carbonyl (C=O) groups excluding carboxylic acids is 2. The molecule has 0 heterocycles. The topological polar surface area (TPSA) is 76.7 Å². The van der Waals surface area contributed by atoms with E-state index in [0.29, 0.717) is 48.9 Å². The van der Waals surface area contributed by atoms with Crippen LogP contribution in [-0.2, 0) is 14.3 Å². The molecule has 0 unspecified atom stereocenters. The molecule has 1 fully saturated rings. The summed E-state index contributed by atoms with van der Waals surface area (Å²) >= 11 is 5.95. The van der Waals surface area contributed by atoms with Crippen LogP contribution in [0.2, 0.25) is 5.02 Å². The predicted molar refractivity (Wildman–Crippen MR) is 87.8 cm³/mol. The summed E-state index contributed by atoms with van der Waals surface area (Å²) in [7, 11) is 3.12. The van der Waals surface area contributed by atoms with Crippen LogP contribution < -0.4 is 15.4 Å². The summed E-state index contributed by atoms with van der Waals surface area (Å²) in [6, 6.07) is 4.94. The van der Waals surface area contributed by atoms with Crippen LogP contribution in [0, 0.1) is 5.41 Å². The molecule has 2 N–H and O–H groups in total. The monoisotopic (exact) mass is 340 g/mol. The van der Waals surface area contributed by atoms with Crippen LogP contribution >= 0.6 is 11.6 Å². The van der Waals surface area contributed by atoms with Crippen molar-refractivity contribution >= 4 is 29.1 Å². The first kappa shape index (κ1) is 17.6. The highest BCUT2D eigenvalue weighted by atomic mass is 35.5. The number of halogens is 1. The van der Waals surface area contributed by atoms with Crippen LogP contribution in [0.1, 0.15) is 19.3 Å². The summed E-state index contributed by atoms with van der Waals surface area (Å²) in [6.45, 7) is 1.06. The second kappa shape index (κ2) is 7.66. The van der Waals surface area contributed by atoms with E-state index >= 15 is 0 Å². The molecule has 126 valence electrons. The second-order valence-corrected chi connectivity index (χ2v) is 5.92. The minimum Gasteiger partial charge on any atom is -0.495 e. The standard InChI is InChI=1S/C16H21ClN2O4/c1-22-9-3-8-18-14(20)16(6-7-16)15(21)19-12-10-11(17)4-5-13(12)23-2/h4-5,10H,3,6-9H2,1-2H3,(H,18,20)(H,19,21). The minimum atomic E-state index is -0.986. The van der Waals surface area contributed by atoms with E-state index in [0.717, 1.165) is 0 Å². The summed E-state index contributed by atoms with van der Waals surface area (Å²) < 4.78 is 10.1. The lowest BCUT2D eigenvalue weighted by Gasteiger charge is -2.17. The van der Waals surface area contributed by atoms with E-state index in [4.69, 9.17) is 21.1 Å². The summed E-state index contributed by atoms with van der Waals surface area (Å²) in [5.41, 5.74) is -0.524. The van der Waals surface area contributed by atoms with Crippen molar-refractivity contribution in [2.45, 2.75) is 19.3 Å². The molecule has 1 aliphatic carbocycles. The van der Waals surface area contributed by atoms with E-state index in [-0.39, 0.29) is 11.8 Å². The van der Waals surface area contributed by atoms with E-state index in [1.54, 1.807) is 25.3 Å². The van der Waals surface area contributed by atoms with Gasteiger partial charge in [-0.25, -0.2) is 0 Å². The number of hydrogen-bond donors (Lipinski definition) is 2. The predicted octanol–water partition coefficient (Wildman–Crippen LogP) is 2.22. The fourth-order valence-electron chi connectivity index (χ4n) is 2.29. The van der Waals surface area contributed by atoms with Gasteiger partial charge in [-0.05, 0) is 37.5 Å². The minimum absolute atomic E-state index is 0.243. The Hall–Kier alpha value is -1.79. The molecule has 6 nitrogen and oxygen atoms in total. The van der Waals surface area contributed by atoms with Crippen molar-refractivity contribution in [3.05, 3.63) is 23.2 Å². The molecular formula is C16H21ClN2O4. The number of carbonyl (C=O) groups is 2. The Kier molecular flexibility index (Phi) is 5.85. The first-order valence-corrected chi connectivity index (χ1v) is 7.83. The van der Waals surface area contributed by atoms with Gasteiger partial charge in [0.05, 0.1) is 12.8 Å². The Morgan fingerprint density at radius 3 is 2.61 bits per heavy atom. The number of methoxy groups -OCH3 is 2. The lowest BCUT2D eigenvalue weighted by Crippen LogP contribution is -2.40. The van der Waals surface area contributed by atoms with Gasteiger partial charge in [0, 0.05) is 25.3 Å². The van der Waals surface area contributed by atoms with Gasteiger partial charge in [0.15, 0.2) is 0 Å². The molecule has 1 aliphatic rings. The fraction of sp³-hybridized carbons (Fsp3) is 0.500. The Balaban J connectivity index is 2.00. The first-order chi connectivity index (χ1) is 11.0. The molecule has 7 heteroatoms. The molecule has 0 spiro atoms. The van der Waals surface area contributed by atoms with Gasteiger partial charge in [-0.3, -0.25) is 9.59 Å². The molecule has 0 saturated heterocycles. The van der Waals surface area contributed by atoms with E-state index in [1.807, 2.05) is 0 Å². The summed E-state index contributed by atoms with van der Waals surface area (Å²) in [4.78, 5) is 24.8. The number of nitrogens with one attached hydrogen (secondary N) is 2. The Morgan fingerprint density at radius 2 is 2.00 bits per heavy atom. The number of rotatable bonds is 8. The number of amides is 2. The van der Waals surface area contributed by atoms with Crippen molar-refractivity contribution in [3.63, 3.8) is 0 Å². The van der Waals surface area contributed by atoms with Crippen LogP contribution in [0.15, 0.2) is 18.2 Å². The van der Waals surface area contributed by atoms with Gasteiger partial charge < -0.3 is 20.1 Å².